The van der Waals surface area contributed by atoms with Gasteiger partial charge in [-0.15, -0.1) is 0 Å². The lowest BCUT2D eigenvalue weighted by Crippen LogP contribution is -2.12. The average molecular weight is 428 g/mol. The zero-order valence-corrected chi connectivity index (χ0v) is 18.1. The van der Waals surface area contributed by atoms with E-state index in [1.807, 2.05) is 79.7 Å². The van der Waals surface area contributed by atoms with Gasteiger partial charge in [-0.05, 0) is 74.0 Å². The lowest BCUT2D eigenvalue weighted by atomic mass is 10.2. The summed E-state index contributed by atoms with van der Waals surface area (Å²) in [6.07, 6.45) is 0. The Morgan fingerprint density at radius 3 is 1.88 bits per heavy atom. The predicted molar refractivity (Wildman–Crippen MR) is 124 cm³/mol. The first kappa shape index (κ1) is 22.6. The van der Waals surface area contributed by atoms with E-state index in [0.29, 0.717) is 22.7 Å². The molecule has 0 atom stereocenters. The van der Waals surface area contributed by atoms with Crippen LogP contribution in [-0.2, 0) is 9.53 Å². The number of carbonyl (C=O) groups excluding carboxylic acids is 1. The molecule has 0 spiro atoms. The largest absolute Gasteiger partial charge is 0.490 e. The highest BCUT2D eigenvalue weighted by atomic mass is 16.6. The second-order valence-corrected chi connectivity index (χ2v) is 6.97. The molecule has 0 saturated heterocycles. The van der Waals surface area contributed by atoms with Gasteiger partial charge in [0.1, 0.15) is 19.0 Å². The van der Waals surface area contributed by atoms with Crippen LogP contribution in [0.2, 0.25) is 0 Å². The van der Waals surface area contributed by atoms with Gasteiger partial charge in [0.2, 0.25) is 0 Å². The maximum absolute atomic E-state index is 11.4. The highest BCUT2D eigenvalue weighted by Gasteiger charge is 2.04. The van der Waals surface area contributed by atoms with Crippen LogP contribution >= 0.6 is 0 Å². The van der Waals surface area contributed by atoms with Crippen LogP contribution < -0.4 is 4.74 Å². The Hall–Kier alpha value is -4.13. The van der Waals surface area contributed by atoms with Crippen LogP contribution in [-0.4, -0.2) is 19.2 Å². The van der Waals surface area contributed by atoms with E-state index in [1.54, 1.807) is 6.92 Å². The molecule has 0 bridgehead atoms. The van der Waals surface area contributed by atoms with Gasteiger partial charge in [0.15, 0.2) is 0 Å². The molecule has 0 N–H and O–H groups in total. The van der Waals surface area contributed by atoms with Gasteiger partial charge in [0.25, 0.3) is 0 Å². The summed E-state index contributed by atoms with van der Waals surface area (Å²) in [7, 11) is 0. The smallest absolute Gasteiger partial charge is 0.333 e. The monoisotopic (exact) mass is 428 g/mol. The molecule has 0 radical (unpaired) electrons. The van der Waals surface area contributed by atoms with Gasteiger partial charge in [0.05, 0.1) is 22.7 Å². The fraction of sp³-hybridized carbons (Fsp3) is 0.160. The Morgan fingerprint density at radius 1 is 0.781 bits per heavy atom. The molecule has 3 rings (SSSR count). The second kappa shape index (κ2) is 11.3. The van der Waals surface area contributed by atoms with E-state index >= 15 is 0 Å². The summed E-state index contributed by atoms with van der Waals surface area (Å²) in [5.74, 6) is 0.275. The van der Waals surface area contributed by atoms with E-state index in [2.05, 4.69) is 27.0 Å². The molecule has 162 valence electrons. The van der Waals surface area contributed by atoms with Crippen LogP contribution in [0.15, 0.2) is 105 Å². The molecule has 0 aliphatic carbocycles. The van der Waals surface area contributed by atoms with E-state index in [4.69, 9.17) is 9.47 Å². The number of nitrogens with zero attached hydrogens (tertiary/aromatic N) is 4. The number of ether oxygens (including phenoxy) is 2. The lowest BCUT2D eigenvalue weighted by Gasteiger charge is -2.10. The first-order chi connectivity index (χ1) is 15.5. The Bertz CT molecular complexity index is 1120. The van der Waals surface area contributed by atoms with Crippen LogP contribution in [0, 0.1) is 6.92 Å². The van der Waals surface area contributed by atoms with Gasteiger partial charge < -0.3 is 9.47 Å². The third-order valence-corrected chi connectivity index (χ3v) is 4.25. The third-order valence-electron chi connectivity index (χ3n) is 4.25. The van der Waals surface area contributed by atoms with Gasteiger partial charge in [-0.1, -0.05) is 24.8 Å². The number of hydrogen-bond acceptors (Lipinski definition) is 7. The van der Waals surface area contributed by atoms with Crippen molar-refractivity contribution in [2.24, 2.45) is 20.5 Å². The summed E-state index contributed by atoms with van der Waals surface area (Å²) >= 11 is 0. The number of azo groups is 2. The van der Waals surface area contributed by atoms with E-state index in [-0.39, 0.29) is 13.2 Å². The molecule has 0 aliphatic rings. The van der Waals surface area contributed by atoms with Gasteiger partial charge >= 0.3 is 5.97 Å². The minimum Gasteiger partial charge on any atom is -0.490 e. The Labute approximate surface area is 187 Å². The lowest BCUT2D eigenvalue weighted by molar-refractivity contribution is -0.139. The predicted octanol–water partition coefficient (Wildman–Crippen LogP) is 7.32. The molecule has 0 aliphatic heterocycles. The van der Waals surface area contributed by atoms with Crippen molar-refractivity contribution in [2.75, 3.05) is 13.2 Å². The summed E-state index contributed by atoms with van der Waals surface area (Å²) in [4.78, 5) is 11.4. The molecular formula is C25H24N4O3. The number of benzene rings is 3. The van der Waals surface area contributed by atoms with Gasteiger partial charge in [-0.25, -0.2) is 4.79 Å². The average Bonchev–Trinajstić information content (AvgIpc) is 2.81. The van der Waals surface area contributed by atoms with E-state index in [9.17, 15) is 4.79 Å². The molecule has 32 heavy (non-hydrogen) atoms. The van der Waals surface area contributed by atoms with Crippen molar-refractivity contribution in [2.45, 2.75) is 13.8 Å². The first-order valence-corrected chi connectivity index (χ1v) is 10.1. The van der Waals surface area contributed by atoms with E-state index in [1.165, 1.54) is 0 Å². The van der Waals surface area contributed by atoms with Crippen LogP contribution in [0.25, 0.3) is 0 Å². The van der Waals surface area contributed by atoms with Crippen molar-refractivity contribution >= 4 is 28.7 Å². The second-order valence-electron chi connectivity index (χ2n) is 6.97. The van der Waals surface area contributed by atoms with Crippen molar-refractivity contribution in [3.8, 4) is 5.75 Å². The first-order valence-electron chi connectivity index (χ1n) is 10.1. The Morgan fingerprint density at radius 2 is 1.31 bits per heavy atom. The van der Waals surface area contributed by atoms with Gasteiger partial charge in [-0.2, -0.15) is 20.5 Å². The minimum atomic E-state index is -0.423. The summed E-state index contributed by atoms with van der Waals surface area (Å²) in [6.45, 7) is 7.48. The molecule has 0 aromatic heterocycles. The highest BCUT2D eigenvalue weighted by Crippen LogP contribution is 2.26. The number of carbonyl (C=O) groups is 1. The van der Waals surface area contributed by atoms with Gasteiger partial charge in [0, 0.05) is 5.57 Å². The maximum Gasteiger partial charge on any atom is 0.333 e. The Balaban J connectivity index is 1.53. The summed E-state index contributed by atoms with van der Waals surface area (Å²) < 4.78 is 10.7. The van der Waals surface area contributed by atoms with Crippen LogP contribution in [0.4, 0.5) is 22.7 Å². The van der Waals surface area contributed by atoms with Crippen LogP contribution in [0.1, 0.15) is 12.5 Å². The summed E-state index contributed by atoms with van der Waals surface area (Å²) in [5.41, 5.74) is 4.22. The number of esters is 1. The zero-order valence-electron chi connectivity index (χ0n) is 18.1. The number of aryl methyl sites for hydroxylation is 1. The third kappa shape index (κ3) is 6.98. The Kier molecular flexibility index (Phi) is 7.97. The van der Waals surface area contributed by atoms with Crippen molar-refractivity contribution in [1.82, 2.24) is 0 Å². The maximum atomic E-state index is 11.4. The van der Waals surface area contributed by atoms with Crippen molar-refractivity contribution in [3.05, 3.63) is 90.5 Å². The molecule has 3 aromatic rings. The SMILES string of the molecule is C=C(C)C(=O)OCCOc1ccc(N=Nc2ccc(N=Nc3ccccc3)cc2)cc1C. The normalized spacial score (nSPS) is 11.1. The molecule has 0 amide bonds. The fourth-order valence-corrected chi connectivity index (χ4v) is 2.58. The molecular weight excluding hydrogens is 404 g/mol. The molecule has 7 heteroatoms. The molecule has 0 unspecified atom stereocenters. The zero-order chi connectivity index (χ0) is 22.8. The number of rotatable bonds is 9. The fourth-order valence-electron chi connectivity index (χ4n) is 2.58. The van der Waals surface area contributed by atoms with Crippen molar-refractivity contribution < 1.29 is 14.3 Å². The van der Waals surface area contributed by atoms with Gasteiger partial charge in [-0.3, -0.25) is 0 Å². The van der Waals surface area contributed by atoms with Crippen molar-refractivity contribution in [1.29, 1.82) is 0 Å². The molecule has 7 nitrogen and oxygen atoms in total. The molecule has 3 aromatic carbocycles. The molecule has 0 fully saturated rings. The topological polar surface area (TPSA) is 85.0 Å². The standard InChI is InChI=1S/C25H24N4O3/c1-18(2)25(30)32-16-15-31-24-14-13-23(17-19(24)3)29-28-22-11-9-21(10-12-22)27-26-20-7-5-4-6-8-20/h4-14,17H,1,15-16H2,2-3H3. The molecule has 0 heterocycles. The number of hydrogen-bond donors (Lipinski definition) is 0. The highest BCUT2D eigenvalue weighted by molar-refractivity contribution is 5.86. The van der Waals surface area contributed by atoms with Crippen molar-refractivity contribution in [3.63, 3.8) is 0 Å². The molecule has 0 saturated carbocycles. The summed E-state index contributed by atoms with van der Waals surface area (Å²) in [6, 6.07) is 22.4. The van der Waals surface area contributed by atoms with Crippen LogP contribution in [0.3, 0.4) is 0 Å². The minimum absolute atomic E-state index is 0.160. The van der Waals surface area contributed by atoms with Crippen LogP contribution in [0.5, 0.6) is 5.75 Å². The summed E-state index contributed by atoms with van der Waals surface area (Å²) in [5, 5.41) is 16.9. The van der Waals surface area contributed by atoms with E-state index < -0.39 is 5.97 Å². The quantitative estimate of drug-likeness (QED) is 0.155. The van der Waals surface area contributed by atoms with E-state index in [0.717, 1.165) is 16.9 Å².